The Kier molecular flexibility index (Phi) is 5.08. The number of carbonyl (C=O) groups excluding carboxylic acids is 1. The SMILES string of the molecule is CN(CC1CCCOC1)C(=O)c1cc(Cl)ncc1[N+](=O)[O-]. The summed E-state index contributed by atoms with van der Waals surface area (Å²) in [6, 6.07) is 1.23. The van der Waals surface area contributed by atoms with Crippen molar-refractivity contribution in [3.63, 3.8) is 0 Å². The zero-order valence-electron chi connectivity index (χ0n) is 11.6. The highest BCUT2D eigenvalue weighted by molar-refractivity contribution is 6.29. The molecule has 0 spiro atoms. The maximum absolute atomic E-state index is 12.4. The van der Waals surface area contributed by atoms with Gasteiger partial charge in [-0.1, -0.05) is 11.6 Å². The highest BCUT2D eigenvalue weighted by Gasteiger charge is 2.26. The minimum atomic E-state index is -0.631. The molecule has 1 aromatic rings. The van der Waals surface area contributed by atoms with Crippen LogP contribution in [0.3, 0.4) is 0 Å². The number of carbonyl (C=O) groups is 1. The first-order valence-electron chi connectivity index (χ1n) is 6.62. The summed E-state index contributed by atoms with van der Waals surface area (Å²) < 4.78 is 5.37. The minimum absolute atomic E-state index is 0.0424. The average Bonchev–Trinajstić information content (AvgIpc) is 2.47. The lowest BCUT2D eigenvalue weighted by molar-refractivity contribution is -0.385. The van der Waals surface area contributed by atoms with E-state index >= 15 is 0 Å². The molecule has 1 aliphatic rings. The Morgan fingerprint density at radius 3 is 3.05 bits per heavy atom. The number of amides is 1. The third-order valence-electron chi connectivity index (χ3n) is 3.41. The van der Waals surface area contributed by atoms with E-state index in [0.29, 0.717) is 13.2 Å². The molecular weight excluding hydrogens is 298 g/mol. The summed E-state index contributed by atoms with van der Waals surface area (Å²) in [5, 5.41) is 11.0. The van der Waals surface area contributed by atoms with Crippen molar-refractivity contribution < 1.29 is 14.5 Å². The van der Waals surface area contributed by atoms with Crippen molar-refractivity contribution in [2.75, 3.05) is 26.8 Å². The van der Waals surface area contributed by atoms with Gasteiger partial charge in [0.25, 0.3) is 11.6 Å². The van der Waals surface area contributed by atoms with Crippen molar-refractivity contribution in [3.8, 4) is 0 Å². The smallest absolute Gasteiger partial charge is 0.300 e. The van der Waals surface area contributed by atoms with Gasteiger partial charge in [-0.3, -0.25) is 14.9 Å². The van der Waals surface area contributed by atoms with Crippen LogP contribution in [0.25, 0.3) is 0 Å². The first kappa shape index (κ1) is 15.7. The van der Waals surface area contributed by atoms with Crippen LogP contribution >= 0.6 is 11.6 Å². The van der Waals surface area contributed by atoms with Crippen molar-refractivity contribution in [1.82, 2.24) is 9.88 Å². The number of nitrogens with zero attached hydrogens (tertiary/aromatic N) is 3. The first-order chi connectivity index (χ1) is 9.99. The molecule has 1 amide bonds. The van der Waals surface area contributed by atoms with Gasteiger partial charge in [-0.05, 0) is 24.8 Å². The number of pyridine rings is 1. The molecule has 0 saturated carbocycles. The van der Waals surface area contributed by atoms with Crippen LogP contribution in [0.1, 0.15) is 23.2 Å². The van der Waals surface area contributed by atoms with Gasteiger partial charge < -0.3 is 9.64 Å². The summed E-state index contributed by atoms with van der Waals surface area (Å²) >= 11 is 5.74. The maximum atomic E-state index is 12.4. The number of ether oxygens (including phenoxy) is 1. The first-order valence-corrected chi connectivity index (χ1v) is 7.00. The molecule has 0 bridgehead atoms. The lowest BCUT2D eigenvalue weighted by Crippen LogP contribution is -2.35. The van der Waals surface area contributed by atoms with Gasteiger partial charge in [-0.15, -0.1) is 0 Å². The number of hydrogen-bond donors (Lipinski definition) is 0. The molecule has 2 rings (SSSR count). The summed E-state index contributed by atoms with van der Waals surface area (Å²) in [5.74, 6) is -0.180. The molecule has 8 heteroatoms. The zero-order chi connectivity index (χ0) is 15.4. The molecule has 1 unspecified atom stereocenters. The zero-order valence-corrected chi connectivity index (χ0v) is 12.4. The molecule has 0 aliphatic carbocycles. The van der Waals surface area contributed by atoms with Crippen molar-refractivity contribution >= 4 is 23.2 Å². The van der Waals surface area contributed by atoms with E-state index in [4.69, 9.17) is 16.3 Å². The molecule has 0 aromatic carbocycles. The van der Waals surface area contributed by atoms with E-state index in [1.54, 1.807) is 7.05 Å². The van der Waals surface area contributed by atoms with Crippen molar-refractivity contribution in [3.05, 3.63) is 33.1 Å². The van der Waals surface area contributed by atoms with Gasteiger partial charge in [0.2, 0.25) is 0 Å². The summed E-state index contributed by atoms with van der Waals surface area (Å²) in [6.45, 7) is 1.85. The highest BCUT2D eigenvalue weighted by atomic mass is 35.5. The Morgan fingerprint density at radius 2 is 2.43 bits per heavy atom. The third kappa shape index (κ3) is 3.89. The van der Waals surface area contributed by atoms with Crippen LogP contribution in [0, 0.1) is 16.0 Å². The summed E-state index contributed by atoms with van der Waals surface area (Å²) in [5.41, 5.74) is -0.379. The number of rotatable bonds is 4. The summed E-state index contributed by atoms with van der Waals surface area (Å²) in [4.78, 5) is 27.9. The van der Waals surface area contributed by atoms with Gasteiger partial charge in [-0.25, -0.2) is 4.98 Å². The molecule has 1 aliphatic heterocycles. The Bertz CT molecular complexity index is 546. The van der Waals surface area contributed by atoms with E-state index in [9.17, 15) is 14.9 Å². The van der Waals surface area contributed by atoms with Crippen LogP contribution in [0.15, 0.2) is 12.3 Å². The van der Waals surface area contributed by atoms with Gasteiger partial charge in [0.15, 0.2) is 0 Å². The summed E-state index contributed by atoms with van der Waals surface area (Å²) in [7, 11) is 1.62. The Labute approximate surface area is 127 Å². The Hall–Kier alpha value is -1.73. The maximum Gasteiger partial charge on any atom is 0.300 e. The second kappa shape index (κ2) is 6.82. The number of aromatic nitrogens is 1. The van der Waals surface area contributed by atoms with E-state index in [0.717, 1.165) is 25.6 Å². The van der Waals surface area contributed by atoms with Crippen molar-refractivity contribution in [2.24, 2.45) is 5.92 Å². The van der Waals surface area contributed by atoms with Gasteiger partial charge in [0.1, 0.15) is 16.9 Å². The molecule has 114 valence electrons. The summed E-state index contributed by atoms with van der Waals surface area (Å²) in [6.07, 6.45) is 2.96. The van der Waals surface area contributed by atoms with Gasteiger partial charge >= 0.3 is 0 Å². The highest BCUT2D eigenvalue weighted by Crippen LogP contribution is 2.23. The fourth-order valence-corrected chi connectivity index (χ4v) is 2.52. The number of nitro groups is 1. The minimum Gasteiger partial charge on any atom is -0.381 e. The number of hydrogen-bond acceptors (Lipinski definition) is 5. The Morgan fingerprint density at radius 1 is 1.67 bits per heavy atom. The molecule has 21 heavy (non-hydrogen) atoms. The second-order valence-electron chi connectivity index (χ2n) is 5.05. The van der Waals surface area contributed by atoms with Gasteiger partial charge in [0, 0.05) is 20.2 Å². The van der Waals surface area contributed by atoms with Crippen LogP contribution in [-0.4, -0.2) is 47.5 Å². The Balaban J connectivity index is 2.14. The quantitative estimate of drug-likeness (QED) is 0.483. The lowest BCUT2D eigenvalue weighted by atomic mass is 10.0. The van der Waals surface area contributed by atoms with Crippen LogP contribution in [0.2, 0.25) is 5.15 Å². The molecule has 1 aromatic heterocycles. The second-order valence-corrected chi connectivity index (χ2v) is 5.44. The van der Waals surface area contributed by atoms with E-state index in [-0.39, 0.29) is 22.3 Å². The van der Waals surface area contributed by atoms with Crippen LogP contribution in [0.5, 0.6) is 0 Å². The molecule has 1 atom stereocenters. The lowest BCUT2D eigenvalue weighted by Gasteiger charge is -2.27. The molecular formula is C13H16ClN3O4. The van der Waals surface area contributed by atoms with E-state index in [2.05, 4.69) is 4.98 Å². The molecule has 1 fully saturated rings. The molecule has 0 radical (unpaired) electrons. The monoisotopic (exact) mass is 313 g/mol. The predicted octanol–water partition coefficient (Wildman–Crippen LogP) is 2.14. The third-order valence-corrected chi connectivity index (χ3v) is 3.62. The van der Waals surface area contributed by atoms with Crippen LogP contribution in [0.4, 0.5) is 5.69 Å². The normalized spacial score (nSPS) is 18.3. The molecule has 7 nitrogen and oxygen atoms in total. The topological polar surface area (TPSA) is 85.6 Å². The molecule has 0 N–H and O–H groups in total. The standard InChI is InChI=1S/C13H16ClN3O4/c1-16(7-9-3-2-4-21-8-9)13(18)10-5-12(14)15-6-11(10)17(19)20/h5-6,9H,2-4,7-8H2,1H3. The fourth-order valence-electron chi connectivity index (χ4n) is 2.37. The van der Waals surface area contributed by atoms with E-state index < -0.39 is 10.8 Å². The van der Waals surface area contributed by atoms with Gasteiger partial charge in [-0.2, -0.15) is 0 Å². The van der Waals surface area contributed by atoms with E-state index in [1.807, 2.05) is 0 Å². The van der Waals surface area contributed by atoms with Crippen LogP contribution < -0.4 is 0 Å². The van der Waals surface area contributed by atoms with Gasteiger partial charge in [0.05, 0.1) is 11.5 Å². The predicted molar refractivity (Wildman–Crippen MR) is 76.4 cm³/mol. The fraction of sp³-hybridized carbons (Fsp3) is 0.538. The van der Waals surface area contributed by atoms with Crippen molar-refractivity contribution in [1.29, 1.82) is 0 Å². The largest absolute Gasteiger partial charge is 0.381 e. The van der Waals surface area contributed by atoms with E-state index in [1.165, 1.54) is 11.0 Å². The molecule has 1 saturated heterocycles. The van der Waals surface area contributed by atoms with Crippen LogP contribution in [-0.2, 0) is 4.74 Å². The number of halogens is 1. The average molecular weight is 314 g/mol. The van der Waals surface area contributed by atoms with Crippen molar-refractivity contribution in [2.45, 2.75) is 12.8 Å². The molecule has 2 heterocycles.